The summed E-state index contributed by atoms with van der Waals surface area (Å²) in [6.45, 7) is 9.21. The molecule has 0 aliphatic carbocycles. The topological polar surface area (TPSA) is 0 Å². The van der Waals surface area contributed by atoms with Crippen LogP contribution in [0.3, 0.4) is 0 Å². The molecule has 0 bridgehead atoms. The Balaban J connectivity index is 2.86. The number of hydrogen-bond acceptors (Lipinski definition) is 0. The summed E-state index contributed by atoms with van der Waals surface area (Å²) in [5, 5.41) is 0. The summed E-state index contributed by atoms with van der Waals surface area (Å²) >= 11 is 0. The summed E-state index contributed by atoms with van der Waals surface area (Å²) in [7, 11) is 0. The van der Waals surface area contributed by atoms with E-state index in [0.29, 0.717) is 5.92 Å². The average Bonchev–Trinajstić information content (AvgIpc) is 2.28. The third-order valence-electron chi connectivity index (χ3n) is 3.46. The van der Waals surface area contributed by atoms with Crippen LogP contribution in [-0.4, -0.2) is 0 Å². The molecule has 0 nitrogen and oxygen atoms in total. The van der Waals surface area contributed by atoms with Crippen LogP contribution in [0.4, 0.5) is 0 Å². The molecule has 84 valence electrons. The first-order chi connectivity index (χ1) is 7.19. The highest BCUT2D eigenvalue weighted by molar-refractivity contribution is 5.30. The Morgan fingerprint density at radius 2 is 1.67 bits per heavy atom. The molecular weight excluding hydrogens is 180 g/mol. The summed E-state index contributed by atoms with van der Waals surface area (Å²) in [5.41, 5.74) is 3.11. The van der Waals surface area contributed by atoms with Crippen LogP contribution in [0.1, 0.15) is 57.6 Å². The van der Waals surface area contributed by atoms with Gasteiger partial charge >= 0.3 is 0 Å². The molecule has 0 saturated heterocycles. The molecule has 15 heavy (non-hydrogen) atoms. The maximum Gasteiger partial charge on any atom is -0.0190 e. The summed E-state index contributed by atoms with van der Waals surface area (Å²) in [4.78, 5) is 0. The van der Waals surface area contributed by atoms with Gasteiger partial charge in [0.1, 0.15) is 0 Å². The summed E-state index contributed by atoms with van der Waals surface area (Å²) in [5.74, 6) is 1.50. The number of rotatable bonds is 5. The molecule has 0 heterocycles. The standard InChI is InChI=1S/C15H24/c1-5-12(3)11-14-9-7-8-10-15(14)13(4)6-2/h7-10,12-13H,5-6,11H2,1-4H3. The Kier molecular flexibility index (Phi) is 4.87. The SMILES string of the molecule is CCC(C)Cc1ccccc1C(C)CC. The largest absolute Gasteiger partial charge is 0.0651 e. The molecule has 1 rings (SSSR count). The van der Waals surface area contributed by atoms with Gasteiger partial charge in [0.05, 0.1) is 0 Å². The van der Waals surface area contributed by atoms with Crippen LogP contribution in [0.2, 0.25) is 0 Å². The fourth-order valence-electron chi connectivity index (χ4n) is 1.94. The van der Waals surface area contributed by atoms with E-state index >= 15 is 0 Å². The van der Waals surface area contributed by atoms with Crippen LogP contribution in [0.25, 0.3) is 0 Å². The van der Waals surface area contributed by atoms with E-state index in [1.54, 1.807) is 11.1 Å². The Bertz CT molecular complexity index is 288. The molecule has 2 atom stereocenters. The van der Waals surface area contributed by atoms with Crippen LogP contribution in [-0.2, 0) is 6.42 Å². The van der Waals surface area contributed by atoms with Gasteiger partial charge in [-0.05, 0) is 35.8 Å². The Hall–Kier alpha value is -0.780. The van der Waals surface area contributed by atoms with E-state index in [0.717, 1.165) is 5.92 Å². The molecule has 1 aromatic carbocycles. The third kappa shape index (κ3) is 3.37. The van der Waals surface area contributed by atoms with Crippen molar-refractivity contribution in [1.82, 2.24) is 0 Å². The van der Waals surface area contributed by atoms with Gasteiger partial charge < -0.3 is 0 Å². The van der Waals surface area contributed by atoms with Crippen molar-refractivity contribution in [2.45, 2.75) is 52.9 Å². The lowest BCUT2D eigenvalue weighted by Crippen LogP contribution is -2.03. The van der Waals surface area contributed by atoms with Crippen molar-refractivity contribution in [2.75, 3.05) is 0 Å². The molecule has 0 aromatic heterocycles. The molecule has 0 saturated carbocycles. The lowest BCUT2D eigenvalue weighted by Gasteiger charge is -2.17. The van der Waals surface area contributed by atoms with Crippen molar-refractivity contribution in [3.05, 3.63) is 35.4 Å². The van der Waals surface area contributed by atoms with Gasteiger partial charge in [-0.3, -0.25) is 0 Å². The zero-order chi connectivity index (χ0) is 11.3. The minimum atomic E-state index is 0.699. The van der Waals surface area contributed by atoms with E-state index in [4.69, 9.17) is 0 Å². The molecule has 0 fully saturated rings. The maximum absolute atomic E-state index is 2.34. The molecule has 0 heteroatoms. The van der Waals surface area contributed by atoms with Crippen molar-refractivity contribution in [3.63, 3.8) is 0 Å². The van der Waals surface area contributed by atoms with Gasteiger partial charge in [-0.25, -0.2) is 0 Å². The lowest BCUT2D eigenvalue weighted by molar-refractivity contribution is 0.554. The highest BCUT2D eigenvalue weighted by Crippen LogP contribution is 2.25. The van der Waals surface area contributed by atoms with E-state index in [2.05, 4.69) is 52.0 Å². The van der Waals surface area contributed by atoms with Crippen molar-refractivity contribution in [2.24, 2.45) is 5.92 Å². The minimum Gasteiger partial charge on any atom is -0.0651 e. The van der Waals surface area contributed by atoms with Crippen LogP contribution < -0.4 is 0 Å². The molecule has 0 radical (unpaired) electrons. The van der Waals surface area contributed by atoms with Gasteiger partial charge in [0, 0.05) is 0 Å². The van der Waals surface area contributed by atoms with E-state index in [9.17, 15) is 0 Å². The van der Waals surface area contributed by atoms with Gasteiger partial charge in [0.25, 0.3) is 0 Å². The van der Waals surface area contributed by atoms with E-state index in [-0.39, 0.29) is 0 Å². The summed E-state index contributed by atoms with van der Waals surface area (Å²) in [6, 6.07) is 8.94. The highest BCUT2D eigenvalue weighted by atomic mass is 14.1. The Labute approximate surface area is 94.7 Å². The fourth-order valence-corrected chi connectivity index (χ4v) is 1.94. The van der Waals surface area contributed by atoms with Crippen LogP contribution in [0, 0.1) is 5.92 Å². The number of hydrogen-bond donors (Lipinski definition) is 0. The quantitative estimate of drug-likeness (QED) is 0.647. The molecule has 1 aromatic rings. The molecule has 0 aliphatic rings. The molecule has 0 N–H and O–H groups in total. The van der Waals surface area contributed by atoms with E-state index < -0.39 is 0 Å². The van der Waals surface area contributed by atoms with Crippen molar-refractivity contribution < 1.29 is 0 Å². The van der Waals surface area contributed by atoms with Gasteiger partial charge in [-0.1, -0.05) is 58.4 Å². The first kappa shape index (κ1) is 12.3. The monoisotopic (exact) mass is 204 g/mol. The molecule has 2 unspecified atom stereocenters. The van der Waals surface area contributed by atoms with Gasteiger partial charge in [0.2, 0.25) is 0 Å². The minimum absolute atomic E-state index is 0.699. The normalized spacial score (nSPS) is 14.9. The summed E-state index contributed by atoms with van der Waals surface area (Å²) in [6.07, 6.45) is 3.74. The molecular formula is C15H24. The maximum atomic E-state index is 2.34. The zero-order valence-corrected chi connectivity index (χ0v) is 10.6. The second-order valence-electron chi connectivity index (χ2n) is 4.73. The lowest BCUT2D eigenvalue weighted by atomic mass is 9.88. The average molecular weight is 204 g/mol. The van der Waals surface area contributed by atoms with Crippen molar-refractivity contribution >= 4 is 0 Å². The Morgan fingerprint density at radius 1 is 1.00 bits per heavy atom. The molecule has 0 aliphatic heterocycles. The zero-order valence-electron chi connectivity index (χ0n) is 10.6. The van der Waals surface area contributed by atoms with Crippen LogP contribution in [0.15, 0.2) is 24.3 Å². The molecule has 0 amide bonds. The first-order valence-electron chi connectivity index (χ1n) is 6.26. The van der Waals surface area contributed by atoms with Crippen LogP contribution in [0.5, 0.6) is 0 Å². The van der Waals surface area contributed by atoms with Gasteiger partial charge in [-0.2, -0.15) is 0 Å². The summed E-state index contributed by atoms with van der Waals surface area (Å²) < 4.78 is 0. The van der Waals surface area contributed by atoms with E-state index in [1.165, 1.54) is 19.3 Å². The third-order valence-corrected chi connectivity index (χ3v) is 3.46. The predicted octanol–water partition coefficient (Wildman–Crippen LogP) is 4.79. The van der Waals surface area contributed by atoms with Gasteiger partial charge in [0.15, 0.2) is 0 Å². The van der Waals surface area contributed by atoms with Gasteiger partial charge in [-0.15, -0.1) is 0 Å². The fraction of sp³-hybridized carbons (Fsp3) is 0.600. The molecule has 0 spiro atoms. The second kappa shape index (κ2) is 5.95. The van der Waals surface area contributed by atoms with E-state index in [1.807, 2.05) is 0 Å². The first-order valence-corrected chi connectivity index (χ1v) is 6.26. The second-order valence-corrected chi connectivity index (χ2v) is 4.73. The predicted molar refractivity (Wildman–Crippen MR) is 68.3 cm³/mol. The van der Waals surface area contributed by atoms with Crippen molar-refractivity contribution in [1.29, 1.82) is 0 Å². The highest BCUT2D eigenvalue weighted by Gasteiger charge is 2.10. The van der Waals surface area contributed by atoms with Crippen LogP contribution >= 0.6 is 0 Å². The van der Waals surface area contributed by atoms with Crippen molar-refractivity contribution in [3.8, 4) is 0 Å². The smallest absolute Gasteiger partial charge is 0.0190 e. The number of benzene rings is 1. The Morgan fingerprint density at radius 3 is 2.27 bits per heavy atom.